The SMILES string of the molecule is CC(=O)CC(=O)NC1CCS(=O)(=O)CC1. The number of hydrogen-bond acceptors (Lipinski definition) is 4. The van der Waals surface area contributed by atoms with Crippen LogP contribution in [-0.2, 0) is 19.4 Å². The van der Waals surface area contributed by atoms with Crippen LogP contribution in [0.5, 0.6) is 0 Å². The average Bonchev–Trinajstić information content (AvgIpc) is 2.07. The molecule has 1 aliphatic rings. The first-order chi connectivity index (χ1) is 6.89. The zero-order chi connectivity index (χ0) is 11.5. The van der Waals surface area contributed by atoms with Gasteiger partial charge in [0.2, 0.25) is 5.91 Å². The molecule has 1 saturated heterocycles. The summed E-state index contributed by atoms with van der Waals surface area (Å²) < 4.78 is 22.2. The van der Waals surface area contributed by atoms with E-state index in [4.69, 9.17) is 0 Å². The number of nitrogens with one attached hydrogen (secondary N) is 1. The van der Waals surface area contributed by atoms with Crippen LogP contribution in [0.3, 0.4) is 0 Å². The van der Waals surface area contributed by atoms with Gasteiger partial charge in [-0.1, -0.05) is 0 Å². The third-order valence-electron chi connectivity index (χ3n) is 2.33. The quantitative estimate of drug-likeness (QED) is 0.676. The molecule has 0 aromatic carbocycles. The molecule has 0 saturated carbocycles. The molecule has 1 aliphatic heterocycles. The van der Waals surface area contributed by atoms with Gasteiger partial charge < -0.3 is 5.32 Å². The van der Waals surface area contributed by atoms with E-state index in [0.717, 1.165) is 0 Å². The van der Waals surface area contributed by atoms with Crippen molar-refractivity contribution in [3.05, 3.63) is 0 Å². The van der Waals surface area contributed by atoms with E-state index in [9.17, 15) is 18.0 Å². The molecular formula is C9H15NO4S. The number of amides is 1. The fourth-order valence-corrected chi connectivity index (χ4v) is 3.03. The van der Waals surface area contributed by atoms with Crippen molar-refractivity contribution in [1.82, 2.24) is 5.32 Å². The van der Waals surface area contributed by atoms with Gasteiger partial charge in [-0.05, 0) is 19.8 Å². The monoisotopic (exact) mass is 233 g/mol. The number of sulfone groups is 1. The summed E-state index contributed by atoms with van der Waals surface area (Å²) in [4.78, 5) is 21.8. The van der Waals surface area contributed by atoms with Gasteiger partial charge in [-0.3, -0.25) is 9.59 Å². The molecule has 0 aromatic heterocycles. The second-order valence-electron chi connectivity index (χ2n) is 3.87. The number of ketones is 1. The molecule has 0 unspecified atom stereocenters. The standard InChI is InChI=1S/C9H15NO4S/c1-7(11)6-9(12)10-8-2-4-15(13,14)5-3-8/h8H,2-6H2,1H3,(H,10,12). The van der Waals surface area contributed by atoms with Crippen molar-refractivity contribution in [2.45, 2.75) is 32.2 Å². The van der Waals surface area contributed by atoms with Crippen LogP contribution in [-0.4, -0.2) is 37.7 Å². The lowest BCUT2D eigenvalue weighted by Crippen LogP contribution is -2.41. The number of carbonyl (C=O) groups is 2. The van der Waals surface area contributed by atoms with Crippen LogP contribution in [0.2, 0.25) is 0 Å². The smallest absolute Gasteiger partial charge is 0.227 e. The van der Waals surface area contributed by atoms with Gasteiger partial charge in [0, 0.05) is 6.04 Å². The first-order valence-electron chi connectivity index (χ1n) is 4.88. The van der Waals surface area contributed by atoms with Crippen LogP contribution in [0, 0.1) is 0 Å². The highest BCUT2D eigenvalue weighted by Gasteiger charge is 2.24. The third-order valence-corrected chi connectivity index (χ3v) is 4.04. The Labute approximate surface area is 89.2 Å². The Bertz CT molecular complexity index is 346. The van der Waals surface area contributed by atoms with E-state index in [1.165, 1.54) is 6.92 Å². The lowest BCUT2D eigenvalue weighted by atomic mass is 10.1. The van der Waals surface area contributed by atoms with Crippen molar-refractivity contribution in [3.8, 4) is 0 Å². The molecule has 1 N–H and O–H groups in total. The molecular weight excluding hydrogens is 218 g/mol. The second kappa shape index (κ2) is 4.74. The van der Waals surface area contributed by atoms with Gasteiger partial charge in [-0.15, -0.1) is 0 Å². The van der Waals surface area contributed by atoms with Crippen molar-refractivity contribution >= 4 is 21.5 Å². The maximum atomic E-state index is 11.2. The maximum absolute atomic E-state index is 11.2. The Morgan fingerprint density at radius 1 is 1.27 bits per heavy atom. The summed E-state index contributed by atoms with van der Waals surface area (Å²) in [6, 6.07) is -0.0969. The highest BCUT2D eigenvalue weighted by molar-refractivity contribution is 7.91. The summed E-state index contributed by atoms with van der Waals surface area (Å²) in [6.07, 6.45) is 0.779. The number of hydrogen-bond donors (Lipinski definition) is 1. The molecule has 0 aliphatic carbocycles. The molecule has 0 atom stereocenters. The van der Waals surface area contributed by atoms with Gasteiger partial charge in [-0.25, -0.2) is 8.42 Å². The van der Waals surface area contributed by atoms with E-state index in [2.05, 4.69) is 5.32 Å². The molecule has 15 heavy (non-hydrogen) atoms. The Balaban J connectivity index is 2.36. The zero-order valence-electron chi connectivity index (χ0n) is 8.65. The van der Waals surface area contributed by atoms with Crippen molar-refractivity contribution in [2.24, 2.45) is 0 Å². The van der Waals surface area contributed by atoms with Crippen molar-refractivity contribution in [3.63, 3.8) is 0 Å². The number of carbonyl (C=O) groups excluding carboxylic acids is 2. The van der Waals surface area contributed by atoms with Crippen LogP contribution in [0.4, 0.5) is 0 Å². The fraction of sp³-hybridized carbons (Fsp3) is 0.778. The Hall–Kier alpha value is -0.910. The second-order valence-corrected chi connectivity index (χ2v) is 6.18. The molecule has 5 nitrogen and oxygen atoms in total. The van der Waals surface area contributed by atoms with Gasteiger partial charge in [0.15, 0.2) is 0 Å². The number of rotatable bonds is 3. The fourth-order valence-electron chi connectivity index (χ4n) is 1.54. The van der Waals surface area contributed by atoms with Crippen LogP contribution in [0.1, 0.15) is 26.2 Å². The largest absolute Gasteiger partial charge is 0.353 e. The maximum Gasteiger partial charge on any atom is 0.227 e. The highest BCUT2D eigenvalue weighted by Crippen LogP contribution is 2.12. The minimum Gasteiger partial charge on any atom is -0.353 e. The molecule has 1 heterocycles. The van der Waals surface area contributed by atoms with Crippen LogP contribution < -0.4 is 5.32 Å². The van der Waals surface area contributed by atoms with Crippen molar-refractivity contribution in [2.75, 3.05) is 11.5 Å². The first-order valence-corrected chi connectivity index (χ1v) is 6.70. The first kappa shape index (κ1) is 12.2. The van der Waals surface area contributed by atoms with Gasteiger partial charge in [0.1, 0.15) is 15.6 Å². The highest BCUT2D eigenvalue weighted by atomic mass is 32.2. The van der Waals surface area contributed by atoms with E-state index in [1.54, 1.807) is 0 Å². The van der Waals surface area contributed by atoms with Crippen LogP contribution in [0.25, 0.3) is 0 Å². The third kappa shape index (κ3) is 4.42. The molecule has 0 radical (unpaired) electrons. The topological polar surface area (TPSA) is 80.3 Å². The average molecular weight is 233 g/mol. The molecule has 0 aromatic rings. The van der Waals surface area contributed by atoms with Gasteiger partial charge >= 0.3 is 0 Å². The summed E-state index contributed by atoms with van der Waals surface area (Å²) in [5.74, 6) is -0.251. The lowest BCUT2D eigenvalue weighted by Gasteiger charge is -2.22. The molecule has 1 fully saturated rings. The summed E-state index contributed by atoms with van der Waals surface area (Å²) >= 11 is 0. The summed E-state index contributed by atoms with van der Waals surface area (Å²) in [5, 5.41) is 2.66. The molecule has 0 spiro atoms. The summed E-state index contributed by atoms with van der Waals surface area (Å²) in [6.45, 7) is 1.35. The van der Waals surface area contributed by atoms with E-state index in [0.29, 0.717) is 12.8 Å². The molecule has 6 heteroatoms. The molecule has 0 bridgehead atoms. The zero-order valence-corrected chi connectivity index (χ0v) is 9.47. The normalized spacial score (nSPS) is 20.9. The van der Waals surface area contributed by atoms with E-state index >= 15 is 0 Å². The minimum absolute atomic E-state index is 0.0969. The van der Waals surface area contributed by atoms with E-state index in [1.807, 2.05) is 0 Å². The predicted molar refractivity (Wildman–Crippen MR) is 55.1 cm³/mol. The molecule has 1 amide bonds. The summed E-state index contributed by atoms with van der Waals surface area (Å²) in [7, 11) is -2.89. The lowest BCUT2D eigenvalue weighted by molar-refractivity contribution is -0.127. The van der Waals surface area contributed by atoms with Crippen molar-refractivity contribution < 1.29 is 18.0 Å². The Morgan fingerprint density at radius 3 is 2.27 bits per heavy atom. The van der Waals surface area contributed by atoms with Gasteiger partial charge in [-0.2, -0.15) is 0 Å². The predicted octanol–water partition coefficient (Wildman–Crippen LogP) is -0.341. The van der Waals surface area contributed by atoms with E-state index < -0.39 is 9.84 Å². The van der Waals surface area contributed by atoms with Crippen molar-refractivity contribution in [1.29, 1.82) is 0 Å². The van der Waals surface area contributed by atoms with E-state index in [-0.39, 0.29) is 35.7 Å². The summed E-state index contributed by atoms with van der Waals surface area (Å²) in [5.41, 5.74) is 0. The Morgan fingerprint density at radius 2 is 1.80 bits per heavy atom. The Kier molecular flexibility index (Phi) is 3.84. The minimum atomic E-state index is -2.89. The van der Waals surface area contributed by atoms with Gasteiger partial charge in [0.05, 0.1) is 17.9 Å². The molecule has 1 rings (SSSR count). The van der Waals surface area contributed by atoms with Crippen LogP contribution >= 0.6 is 0 Å². The molecule has 86 valence electrons. The van der Waals surface area contributed by atoms with Gasteiger partial charge in [0.25, 0.3) is 0 Å². The number of Topliss-reactive ketones (excluding diaryl/α,β-unsaturated/α-hetero) is 1. The van der Waals surface area contributed by atoms with Crippen LogP contribution in [0.15, 0.2) is 0 Å².